The molecule has 0 radical (unpaired) electrons. The molecule has 4 aromatic rings. The molecule has 2 aromatic heterocycles. The molecule has 0 fully saturated rings. The largest absolute Gasteiger partial charge is 0.295 e. The summed E-state index contributed by atoms with van der Waals surface area (Å²) in [6.07, 6.45) is 7.30. The minimum atomic E-state index is -0.548. The van der Waals surface area contributed by atoms with Crippen molar-refractivity contribution in [2.75, 3.05) is 0 Å². The van der Waals surface area contributed by atoms with Gasteiger partial charge in [-0.05, 0) is 53.6 Å². The number of carbonyl (C=O) groups is 1. The third kappa shape index (κ3) is 3.04. The smallest absolute Gasteiger partial charge is 0.255 e. The first-order valence-corrected chi connectivity index (χ1v) is 9.70. The molecule has 5 rings (SSSR count). The first-order valence-electron chi connectivity index (χ1n) is 9.33. The molecule has 0 atom stereocenters. The number of rotatable bonds is 2. The molecule has 0 unspecified atom stereocenters. The predicted molar refractivity (Wildman–Crippen MR) is 117 cm³/mol. The molecule has 0 N–H and O–H groups in total. The molecule has 1 aliphatic rings. The van der Waals surface area contributed by atoms with Crippen LogP contribution < -0.4 is 5.56 Å². The second kappa shape index (κ2) is 7.04. The fourth-order valence-corrected chi connectivity index (χ4v) is 3.89. The van der Waals surface area contributed by atoms with Crippen molar-refractivity contribution in [3.8, 4) is 5.69 Å². The number of pyridine rings is 2. The number of halogens is 2. The van der Waals surface area contributed by atoms with E-state index in [1.165, 1.54) is 28.8 Å². The van der Waals surface area contributed by atoms with E-state index in [9.17, 15) is 14.0 Å². The summed E-state index contributed by atoms with van der Waals surface area (Å²) in [5.74, 6) is -0.484. The monoisotopic (exact) mass is 416 g/mol. The fourth-order valence-electron chi connectivity index (χ4n) is 3.71. The molecular weight excluding hydrogens is 403 g/mol. The minimum Gasteiger partial charge on any atom is -0.295 e. The Balaban J connectivity index is 1.84. The van der Waals surface area contributed by atoms with E-state index < -0.39 is 5.82 Å². The van der Waals surface area contributed by atoms with E-state index in [0.29, 0.717) is 17.6 Å². The molecule has 0 aliphatic heterocycles. The number of benzene rings is 2. The van der Waals surface area contributed by atoms with Crippen LogP contribution in [0.15, 0.2) is 77.8 Å². The summed E-state index contributed by atoms with van der Waals surface area (Å²) in [5, 5.41) is 1.48. The van der Waals surface area contributed by atoms with Crippen LogP contribution in [0.4, 0.5) is 4.39 Å². The van der Waals surface area contributed by atoms with E-state index in [-0.39, 0.29) is 16.4 Å². The van der Waals surface area contributed by atoms with Crippen molar-refractivity contribution in [1.82, 2.24) is 9.55 Å². The van der Waals surface area contributed by atoms with E-state index in [0.717, 1.165) is 27.4 Å². The van der Waals surface area contributed by atoms with Gasteiger partial charge < -0.3 is 0 Å². The van der Waals surface area contributed by atoms with Gasteiger partial charge in [-0.1, -0.05) is 29.8 Å². The molecule has 0 bridgehead atoms. The Morgan fingerprint density at radius 3 is 2.63 bits per heavy atom. The number of carbonyl (C=O) groups excluding carboxylic acids is 1. The summed E-state index contributed by atoms with van der Waals surface area (Å²) < 4.78 is 15.2. The molecule has 1 aliphatic carbocycles. The van der Waals surface area contributed by atoms with E-state index in [1.54, 1.807) is 24.4 Å². The molecule has 0 saturated carbocycles. The molecular formula is C24H14ClFN2O2. The van der Waals surface area contributed by atoms with Crippen LogP contribution in [0.25, 0.3) is 33.1 Å². The highest BCUT2D eigenvalue weighted by molar-refractivity contribution is 6.30. The van der Waals surface area contributed by atoms with E-state index in [2.05, 4.69) is 4.98 Å². The summed E-state index contributed by atoms with van der Waals surface area (Å²) in [6, 6.07) is 13.2. The number of ketones is 1. The van der Waals surface area contributed by atoms with Gasteiger partial charge in [0.25, 0.3) is 5.56 Å². The maximum Gasteiger partial charge on any atom is 0.255 e. The highest BCUT2D eigenvalue weighted by atomic mass is 35.5. The standard InChI is InChI=1S/C24H14ClFN2O2/c25-20-12-17(5-8-21(20)26)28-23(30)10-4-16-13-27-22-9-3-15(11-19(22)24(16)28)14-1-6-18(29)7-2-14/h1-6,8-13H,7H2. The van der Waals surface area contributed by atoms with E-state index >= 15 is 0 Å². The van der Waals surface area contributed by atoms with Gasteiger partial charge in [0.15, 0.2) is 5.78 Å². The van der Waals surface area contributed by atoms with Crippen LogP contribution in [0.3, 0.4) is 0 Å². The molecule has 146 valence electrons. The first-order chi connectivity index (χ1) is 14.5. The minimum absolute atomic E-state index is 0.0578. The topological polar surface area (TPSA) is 52.0 Å². The second-order valence-electron chi connectivity index (χ2n) is 7.06. The normalized spacial score (nSPS) is 13.8. The molecule has 30 heavy (non-hydrogen) atoms. The maximum absolute atomic E-state index is 13.7. The van der Waals surface area contributed by atoms with E-state index in [4.69, 9.17) is 11.6 Å². The van der Waals surface area contributed by atoms with Crippen LogP contribution in [0.1, 0.15) is 12.0 Å². The van der Waals surface area contributed by atoms with Gasteiger partial charge in [0, 0.05) is 29.5 Å². The number of nitrogens with zero attached hydrogens (tertiary/aromatic N) is 2. The molecule has 0 spiro atoms. The molecule has 2 heterocycles. The Bertz CT molecular complexity index is 1480. The highest BCUT2D eigenvalue weighted by Gasteiger charge is 2.14. The summed E-state index contributed by atoms with van der Waals surface area (Å²) in [6.45, 7) is 0. The highest BCUT2D eigenvalue weighted by Crippen LogP contribution is 2.30. The number of allylic oxidation sites excluding steroid dienone is 4. The Labute approximate surface area is 175 Å². The van der Waals surface area contributed by atoms with Crippen molar-refractivity contribution in [2.24, 2.45) is 0 Å². The van der Waals surface area contributed by atoms with Crippen molar-refractivity contribution in [3.05, 3.63) is 99.7 Å². The molecule has 0 saturated heterocycles. The molecule has 0 amide bonds. The van der Waals surface area contributed by atoms with Gasteiger partial charge >= 0.3 is 0 Å². The lowest BCUT2D eigenvalue weighted by molar-refractivity contribution is -0.113. The van der Waals surface area contributed by atoms with Crippen molar-refractivity contribution in [1.29, 1.82) is 0 Å². The van der Waals surface area contributed by atoms with Gasteiger partial charge in [-0.2, -0.15) is 0 Å². The number of hydrogen-bond acceptors (Lipinski definition) is 3. The van der Waals surface area contributed by atoms with Crippen LogP contribution in [-0.2, 0) is 4.79 Å². The lowest BCUT2D eigenvalue weighted by atomic mass is 9.97. The summed E-state index contributed by atoms with van der Waals surface area (Å²) in [5.41, 5.74) is 3.44. The number of fused-ring (bicyclic) bond motifs is 3. The van der Waals surface area contributed by atoms with Crippen molar-refractivity contribution in [2.45, 2.75) is 6.42 Å². The van der Waals surface area contributed by atoms with Gasteiger partial charge in [0.2, 0.25) is 0 Å². The van der Waals surface area contributed by atoms with Gasteiger partial charge in [-0.25, -0.2) is 4.39 Å². The third-order valence-electron chi connectivity index (χ3n) is 5.18. The summed E-state index contributed by atoms with van der Waals surface area (Å²) in [7, 11) is 0. The Kier molecular flexibility index (Phi) is 4.33. The van der Waals surface area contributed by atoms with Gasteiger partial charge in [-0.3, -0.25) is 19.1 Å². The third-order valence-corrected chi connectivity index (χ3v) is 5.47. The van der Waals surface area contributed by atoms with Crippen LogP contribution in [0.5, 0.6) is 0 Å². The maximum atomic E-state index is 13.7. The molecule has 2 aromatic carbocycles. The second-order valence-corrected chi connectivity index (χ2v) is 7.47. The Morgan fingerprint density at radius 2 is 1.87 bits per heavy atom. The molecule has 6 heteroatoms. The van der Waals surface area contributed by atoms with Crippen LogP contribution in [-0.4, -0.2) is 15.3 Å². The van der Waals surface area contributed by atoms with Gasteiger partial charge in [0.1, 0.15) is 5.82 Å². The quantitative estimate of drug-likeness (QED) is 0.420. The van der Waals surface area contributed by atoms with Crippen LogP contribution >= 0.6 is 11.6 Å². The lowest BCUT2D eigenvalue weighted by Gasteiger charge is -2.14. The van der Waals surface area contributed by atoms with Crippen molar-refractivity contribution < 1.29 is 9.18 Å². The van der Waals surface area contributed by atoms with Crippen molar-refractivity contribution >= 4 is 44.8 Å². The number of aromatic nitrogens is 2. The summed E-state index contributed by atoms with van der Waals surface area (Å²) >= 11 is 5.98. The molecule has 4 nitrogen and oxygen atoms in total. The SMILES string of the molecule is O=C1C=CC(c2ccc3ncc4ccc(=O)n(-c5ccc(F)c(Cl)c5)c4c3c2)=CC1. The first kappa shape index (κ1) is 18.5. The zero-order valence-corrected chi connectivity index (χ0v) is 16.4. The lowest BCUT2D eigenvalue weighted by Crippen LogP contribution is -2.17. The van der Waals surface area contributed by atoms with Crippen LogP contribution in [0.2, 0.25) is 5.02 Å². The average molecular weight is 417 g/mol. The van der Waals surface area contributed by atoms with Crippen molar-refractivity contribution in [3.63, 3.8) is 0 Å². The zero-order valence-electron chi connectivity index (χ0n) is 15.6. The van der Waals surface area contributed by atoms with Gasteiger partial charge in [-0.15, -0.1) is 0 Å². The fraction of sp³-hybridized carbons (Fsp3) is 0.0417. The number of hydrogen-bond donors (Lipinski definition) is 0. The van der Waals surface area contributed by atoms with Gasteiger partial charge in [0.05, 0.1) is 21.7 Å². The summed E-state index contributed by atoms with van der Waals surface area (Å²) in [4.78, 5) is 28.9. The van der Waals surface area contributed by atoms with Crippen LogP contribution in [0, 0.1) is 5.82 Å². The Morgan fingerprint density at radius 1 is 1.00 bits per heavy atom. The average Bonchev–Trinajstić information content (AvgIpc) is 2.76. The zero-order chi connectivity index (χ0) is 20.8. The Hall–Kier alpha value is -3.57. The van der Waals surface area contributed by atoms with E-state index in [1.807, 2.05) is 24.3 Å². The predicted octanol–water partition coefficient (Wildman–Crippen LogP) is 5.24.